The molecule has 2 amide bonds. The molecule has 0 aliphatic carbocycles. The van der Waals surface area contributed by atoms with Gasteiger partial charge in [-0.1, -0.05) is 12.1 Å². The molecule has 1 aromatic heterocycles. The minimum absolute atomic E-state index is 0.0182. The summed E-state index contributed by atoms with van der Waals surface area (Å²) in [6, 6.07) is 7.28. The third kappa shape index (κ3) is 4.64. The molecule has 1 aromatic carbocycles. The Hall–Kier alpha value is -2.28. The summed E-state index contributed by atoms with van der Waals surface area (Å²) in [5, 5.41) is 5.56. The molecule has 1 heterocycles. The average molecular weight is 304 g/mol. The van der Waals surface area contributed by atoms with Crippen LogP contribution in [0.1, 0.15) is 29.9 Å². The highest BCUT2D eigenvalue weighted by atomic mass is 32.1. The highest BCUT2D eigenvalue weighted by Gasteiger charge is 2.09. The molecule has 0 saturated carbocycles. The van der Waals surface area contributed by atoms with Crippen LogP contribution in [-0.2, 0) is 11.2 Å². The Labute approximate surface area is 126 Å². The van der Waals surface area contributed by atoms with Crippen molar-refractivity contribution >= 4 is 29.2 Å². The number of hydrogen-bond donors (Lipinski definition) is 2. The first-order valence-corrected chi connectivity index (χ1v) is 7.25. The number of nitrogens with zero attached hydrogens (tertiary/aromatic N) is 2. The standard InChI is InChI=1S/C14H16N4O2S/c1-9(2)16-13(19)7-10-3-5-11(6-4-10)17-14(20)12-8-15-21-18-12/h3-6,8-9H,7H2,1-2H3,(H,16,19)(H,17,20). The lowest BCUT2D eigenvalue weighted by atomic mass is 10.1. The van der Waals surface area contributed by atoms with Crippen LogP contribution >= 0.6 is 11.7 Å². The molecule has 0 atom stereocenters. The van der Waals surface area contributed by atoms with Gasteiger partial charge in [0, 0.05) is 11.7 Å². The van der Waals surface area contributed by atoms with E-state index in [9.17, 15) is 9.59 Å². The molecule has 2 rings (SSSR count). The van der Waals surface area contributed by atoms with Gasteiger partial charge in [-0.25, -0.2) is 0 Å². The summed E-state index contributed by atoms with van der Waals surface area (Å²) in [6.45, 7) is 3.84. The van der Waals surface area contributed by atoms with E-state index >= 15 is 0 Å². The first-order valence-electron chi connectivity index (χ1n) is 6.52. The molecule has 0 bridgehead atoms. The van der Waals surface area contributed by atoms with Crippen LogP contribution in [0.5, 0.6) is 0 Å². The minimum atomic E-state index is -0.297. The summed E-state index contributed by atoms with van der Waals surface area (Å²) >= 11 is 0.987. The number of amides is 2. The molecule has 2 N–H and O–H groups in total. The summed E-state index contributed by atoms with van der Waals surface area (Å²) in [7, 11) is 0. The number of rotatable bonds is 5. The average Bonchev–Trinajstić information content (AvgIpc) is 2.94. The molecule has 0 spiro atoms. The summed E-state index contributed by atoms with van der Waals surface area (Å²) in [5.41, 5.74) is 1.84. The third-order valence-corrected chi connectivity index (χ3v) is 3.10. The molecule has 6 nitrogen and oxygen atoms in total. The number of benzene rings is 1. The smallest absolute Gasteiger partial charge is 0.277 e. The second-order valence-electron chi connectivity index (χ2n) is 4.84. The third-order valence-electron chi connectivity index (χ3n) is 2.62. The van der Waals surface area contributed by atoms with E-state index in [1.54, 1.807) is 12.1 Å². The Bertz CT molecular complexity index is 608. The van der Waals surface area contributed by atoms with Gasteiger partial charge >= 0.3 is 0 Å². The second kappa shape index (κ2) is 6.94. The van der Waals surface area contributed by atoms with Gasteiger partial charge in [0.2, 0.25) is 5.91 Å². The van der Waals surface area contributed by atoms with Crippen molar-refractivity contribution in [2.75, 3.05) is 5.32 Å². The van der Waals surface area contributed by atoms with E-state index in [0.717, 1.165) is 17.3 Å². The molecule has 0 unspecified atom stereocenters. The zero-order chi connectivity index (χ0) is 15.2. The van der Waals surface area contributed by atoms with Crippen molar-refractivity contribution in [3.8, 4) is 0 Å². The van der Waals surface area contributed by atoms with Crippen LogP contribution in [0.25, 0.3) is 0 Å². The van der Waals surface area contributed by atoms with Crippen molar-refractivity contribution in [3.63, 3.8) is 0 Å². The fourth-order valence-corrected chi connectivity index (χ4v) is 2.14. The van der Waals surface area contributed by atoms with Crippen molar-refractivity contribution in [1.29, 1.82) is 0 Å². The largest absolute Gasteiger partial charge is 0.354 e. The lowest BCUT2D eigenvalue weighted by Gasteiger charge is -2.09. The van der Waals surface area contributed by atoms with Crippen LogP contribution in [0, 0.1) is 0 Å². The van der Waals surface area contributed by atoms with Crippen molar-refractivity contribution in [2.24, 2.45) is 0 Å². The van der Waals surface area contributed by atoms with E-state index in [2.05, 4.69) is 19.4 Å². The Morgan fingerprint density at radius 3 is 2.52 bits per heavy atom. The number of carbonyl (C=O) groups is 2. The molecule has 0 aliphatic rings. The van der Waals surface area contributed by atoms with Gasteiger partial charge in [0.05, 0.1) is 24.3 Å². The Balaban J connectivity index is 1.93. The number of aromatic nitrogens is 2. The molecule has 7 heteroatoms. The van der Waals surface area contributed by atoms with E-state index < -0.39 is 0 Å². The fourth-order valence-electron chi connectivity index (χ4n) is 1.72. The number of hydrogen-bond acceptors (Lipinski definition) is 5. The maximum absolute atomic E-state index is 11.8. The predicted octanol–water partition coefficient (Wildman–Crippen LogP) is 1.86. The maximum Gasteiger partial charge on any atom is 0.277 e. The Morgan fingerprint density at radius 1 is 1.24 bits per heavy atom. The highest BCUT2D eigenvalue weighted by molar-refractivity contribution is 6.99. The molecule has 0 radical (unpaired) electrons. The van der Waals surface area contributed by atoms with Crippen LogP contribution in [0.2, 0.25) is 0 Å². The van der Waals surface area contributed by atoms with Crippen molar-refractivity contribution in [2.45, 2.75) is 26.3 Å². The van der Waals surface area contributed by atoms with Gasteiger partial charge in [-0.3, -0.25) is 9.59 Å². The first-order chi connectivity index (χ1) is 10.0. The van der Waals surface area contributed by atoms with Crippen LogP contribution in [0.3, 0.4) is 0 Å². The minimum Gasteiger partial charge on any atom is -0.354 e. The van der Waals surface area contributed by atoms with Gasteiger partial charge in [0.25, 0.3) is 5.91 Å². The SMILES string of the molecule is CC(C)NC(=O)Cc1ccc(NC(=O)c2cnsn2)cc1. The van der Waals surface area contributed by atoms with Crippen molar-refractivity contribution in [1.82, 2.24) is 14.1 Å². The Kier molecular flexibility index (Phi) is 4.99. The van der Waals surface area contributed by atoms with Gasteiger partial charge in [-0.15, -0.1) is 0 Å². The van der Waals surface area contributed by atoms with Crippen LogP contribution in [0.15, 0.2) is 30.5 Å². The zero-order valence-corrected chi connectivity index (χ0v) is 12.6. The summed E-state index contributed by atoms with van der Waals surface area (Å²) < 4.78 is 7.64. The molecule has 21 heavy (non-hydrogen) atoms. The molecular formula is C14H16N4O2S. The molecule has 2 aromatic rings. The van der Waals surface area contributed by atoms with E-state index in [1.165, 1.54) is 6.20 Å². The Morgan fingerprint density at radius 2 is 1.95 bits per heavy atom. The van der Waals surface area contributed by atoms with E-state index in [0.29, 0.717) is 17.8 Å². The number of nitrogens with one attached hydrogen (secondary N) is 2. The number of anilines is 1. The predicted molar refractivity (Wildman–Crippen MR) is 81.3 cm³/mol. The van der Waals surface area contributed by atoms with Crippen molar-refractivity contribution < 1.29 is 9.59 Å². The topological polar surface area (TPSA) is 84.0 Å². The molecule has 110 valence electrons. The van der Waals surface area contributed by atoms with Gasteiger partial charge in [-0.2, -0.15) is 8.75 Å². The molecular weight excluding hydrogens is 288 g/mol. The van der Waals surface area contributed by atoms with E-state index in [-0.39, 0.29) is 17.9 Å². The number of carbonyl (C=O) groups excluding carboxylic acids is 2. The highest BCUT2D eigenvalue weighted by Crippen LogP contribution is 2.11. The summed E-state index contributed by atoms with van der Waals surface area (Å²) in [4.78, 5) is 23.4. The maximum atomic E-state index is 11.8. The fraction of sp³-hybridized carbons (Fsp3) is 0.286. The summed E-state index contributed by atoms with van der Waals surface area (Å²) in [5.74, 6) is -0.315. The normalized spacial score (nSPS) is 10.4. The van der Waals surface area contributed by atoms with Crippen LogP contribution < -0.4 is 10.6 Å². The van der Waals surface area contributed by atoms with E-state index in [1.807, 2.05) is 26.0 Å². The van der Waals surface area contributed by atoms with E-state index in [4.69, 9.17) is 0 Å². The second-order valence-corrected chi connectivity index (χ2v) is 5.40. The van der Waals surface area contributed by atoms with Gasteiger partial charge < -0.3 is 10.6 Å². The molecule has 0 aliphatic heterocycles. The van der Waals surface area contributed by atoms with Gasteiger partial charge in [-0.05, 0) is 31.5 Å². The van der Waals surface area contributed by atoms with Gasteiger partial charge in [0.1, 0.15) is 0 Å². The quantitative estimate of drug-likeness (QED) is 0.883. The summed E-state index contributed by atoms with van der Waals surface area (Å²) in [6.07, 6.45) is 1.74. The zero-order valence-electron chi connectivity index (χ0n) is 11.8. The lowest BCUT2D eigenvalue weighted by molar-refractivity contribution is -0.120. The molecule has 0 saturated heterocycles. The van der Waals surface area contributed by atoms with Gasteiger partial charge in [0.15, 0.2) is 5.69 Å². The molecule has 0 fully saturated rings. The monoisotopic (exact) mass is 304 g/mol. The first kappa shape index (κ1) is 15.1. The van der Waals surface area contributed by atoms with Crippen LogP contribution in [-0.4, -0.2) is 26.6 Å². The van der Waals surface area contributed by atoms with Crippen LogP contribution in [0.4, 0.5) is 5.69 Å². The van der Waals surface area contributed by atoms with Crippen molar-refractivity contribution in [3.05, 3.63) is 41.7 Å². The lowest BCUT2D eigenvalue weighted by Crippen LogP contribution is -2.31.